The van der Waals surface area contributed by atoms with Crippen molar-refractivity contribution in [3.8, 4) is 11.5 Å². The second-order valence-electron chi connectivity index (χ2n) is 7.17. The van der Waals surface area contributed by atoms with Gasteiger partial charge in [0.1, 0.15) is 37.5 Å². The minimum atomic E-state index is -0.907. The molecule has 3 aromatic rings. The van der Waals surface area contributed by atoms with Crippen molar-refractivity contribution in [3.05, 3.63) is 95.6 Å². The van der Waals surface area contributed by atoms with Gasteiger partial charge in [0, 0.05) is 5.56 Å². The molecule has 0 aliphatic carbocycles. The highest BCUT2D eigenvalue weighted by Gasteiger charge is 2.13. The molecule has 0 spiro atoms. The van der Waals surface area contributed by atoms with Gasteiger partial charge in [-0.15, -0.1) is 0 Å². The minimum Gasteiger partial charge on any atom is -0.489 e. The van der Waals surface area contributed by atoms with Gasteiger partial charge in [-0.1, -0.05) is 59.8 Å². The van der Waals surface area contributed by atoms with Crippen molar-refractivity contribution in [2.75, 3.05) is 20.8 Å². The van der Waals surface area contributed by atoms with Crippen molar-refractivity contribution in [1.82, 2.24) is 0 Å². The Labute approximate surface area is 193 Å². The summed E-state index contributed by atoms with van der Waals surface area (Å²) in [5, 5.41) is 14.1. The molecule has 0 amide bonds. The number of aliphatic hydroxyl groups excluding tert-OH is 1. The Morgan fingerprint density at radius 2 is 1.52 bits per heavy atom. The van der Waals surface area contributed by atoms with Crippen molar-refractivity contribution in [2.24, 2.45) is 5.16 Å². The number of nitrogens with zero attached hydrogens (tertiary/aromatic N) is 1. The van der Waals surface area contributed by atoms with Crippen LogP contribution in [0.2, 0.25) is 0 Å². The first-order valence-corrected chi connectivity index (χ1v) is 10.4. The zero-order valence-electron chi connectivity index (χ0n) is 18.6. The van der Waals surface area contributed by atoms with E-state index in [1.807, 2.05) is 54.6 Å². The van der Waals surface area contributed by atoms with Crippen LogP contribution >= 0.6 is 0 Å². The number of oxime groups is 1. The van der Waals surface area contributed by atoms with E-state index in [0.717, 1.165) is 11.1 Å². The Bertz CT molecular complexity index is 1030. The molecule has 1 atom stereocenters. The Morgan fingerprint density at radius 1 is 0.879 bits per heavy atom. The zero-order chi connectivity index (χ0) is 23.5. The lowest BCUT2D eigenvalue weighted by Crippen LogP contribution is -2.13. The van der Waals surface area contributed by atoms with Crippen LogP contribution in [-0.2, 0) is 21.0 Å². The molecule has 0 saturated carbocycles. The number of hydrogen-bond acceptors (Lipinski definition) is 7. The second-order valence-corrected chi connectivity index (χ2v) is 7.17. The highest BCUT2D eigenvalue weighted by Crippen LogP contribution is 2.22. The van der Waals surface area contributed by atoms with Gasteiger partial charge in [0.25, 0.3) is 0 Å². The van der Waals surface area contributed by atoms with Gasteiger partial charge in [-0.25, -0.2) is 0 Å². The van der Waals surface area contributed by atoms with Crippen LogP contribution in [0, 0.1) is 0 Å². The first kappa shape index (κ1) is 23.8. The van der Waals surface area contributed by atoms with Crippen molar-refractivity contribution < 1.29 is 28.9 Å². The fourth-order valence-corrected chi connectivity index (χ4v) is 3.05. The molecule has 7 nitrogen and oxygen atoms in total. The molecule has 0 aliphatic rings. The van der Waals surface area contributed by atoms with E-state index < -0.39 is 12.1 Å². The Balaban J connectivity index is 1.50. The van der Waals surface area contributed by atoms with Crippen molar-refractivity contribution in [2.45, 2.75) is 19.1 Å². The molecule has 1 unspecified atom stereocenters. The molecule has 0 saturated heterocycles. The fraction of sp³-hybridized carbons (Fsp3) is 0.231. The largest absolute Gasteiger partial charge is 0.489 e. The predicted octanol–water partition coefficient (Wildman–Crippen LogP) is 4.29. The van der Waals surface area contributed by atoms with Gasteiger partial charge in [-0.3, -0.25) is 4.79 Å². The molecule has 33 heavy (non-hydrogen) atoms. The molecule has 0 aromatic heterocycles. The van der Waals surface area contributed by atoms with Gasteiger partial charge in [0.05, 0.1) is 19.6 Å². The molecule has 0 heterocycles. The summed E-state index contributed by atoms with van der Waals surface area (Å²) in [4.78, 5) is 16.2. The van der Waals surface area contributed by atoms with Crippen LogP contribution in [0.3, 0.4) is 0 Å². The number of carbonyl (C=O) groups is 1. The van der Waals surface area contributed by atoms with Gasteiger partial charge in [0.2, 0.25) is 0 Å². The van der Waals surface area contributed by atoms with E-state index >= 15 is 0 Å². The van der Waals surface area contributed by atoms with Crippen molar-refractivity contribution >= 4 is 11.7 Å². The Kier molecular flexibility index (Phi) is 8.85. The van der Waals surface area contributed by atoms with E-state index in [4.69, 9.17) is 14.3 Å². The summed E-state index contributed by atoms with van der Waals surface area (Å²) in [6.45, 7) is 0.659. The normalized spacial score (nSPS) is 12.0. The number of esters is 1. The monoisotopic (exact) mass is 449 g/mol. The maximum Gasteiger partial charge on any atom is 0.308 e. The summed E-state index contributed by atoms with van der Waals surface area (Å²) in [5.74, 6) is 0.910. The molecular formula is C26H27NO6. The summed E-state index contributed by atoms with van der Waals surface area (Å²) in [6.07, 6.45) is -0.995. The van der Waals surface area contributed by atoms with Crippen LogP contribution in [-0.4, -0.2) is 37.6 Å². The lowest BCUT2D eigenvalue weighted by atomic mass is 10.1. The summed E-state index contributed by atoms with van der Waals surface area (Å²) in [6, 6.07) is 24.3. The van der Waals surface area contributed by atoms with Gasteiger partial charge in [-0.05, 0) is 35.4 Å². The van der Waals surface area contributed by atoms with E-state index in [0.29, 0.717) is 29.4 Å². The predicted molar refractivity (Wildman–Crippen MR) is 124 cm³/mol. The number of methoxy groups -OCH3 is 1. The average Bonchev–Trinajstić information content (AvgIpc) is 2.86. The zero-order valence-corrected chi connectivity index (χ0v) is 18.6. The summed E-state index contributed by atoms with van der Waals surface area (Å²) >= 11 is 0. The third-order valence-corrected chi connectivity index (χ3v) is 4.87. The SMILES string of the molecule is CO/N=C(/COc1ccc(COc2ccc(C(O)CC(=O)OC)cc2)cc1)c1ccccc1. The number of hydrogen-bond donors (Lipinski definition) is 1. The highest BCUT2D eigenvalue weighted by atomic mass is 16.6. The van der Waals surface area contributed by atoms with E-state index in [2.05, 4.69) is 9.89 Å². The molecule has 3 rings (SSSR count). The Morgan fingerprint density at radius 3 is 2.15 bits per heavy atom. The van der Waals surface area contributed by atoms with Gasteiger partial charge < -0.3 is 24.2 Å². The first-order chi connectivity index (χ1) is 16.1. The molecule has 0 fully saturated rings. The summed E-state index contributed by atoms with van der Waals surface area (Å²) in [5.41, 5.74) is 3.24. The van der Waals surface area contributed by atoms with E-state index in [-0.39, 0.29) is 13.0 Å². The molecule has 7 heteroatoms. The van der Waals surface area contributed by atoms with Crippen molar-refractivity contribution in [1.29, 1.82) is 0 Å². The standard InChI is InChI=1S/C26H27NO6/c1-30-26(29)16-25(28)21-10-14-23(15-11-21)32-17-19-8-12-22(13-9-19)33-18-24(27-31-2)20-6-4-3-5-7-20/h3-15,25,28H,16-18H2,1-2H3/b27-24-. The Hall–Kier alpha value is -3.84. The molecule has 0 radical (unpaired) electrons. The summed E-state index contributed by atoms with van der Waals surface area (Å²) < 4.78 is 16.2. The lowest BCUT2D eigenvalue weighted by Gasteiger charge is -2.12. The van der Waals surface area contributed by atoms with Crippen molar-refractivity contribution in [3.63, 3.8) is 0 Å². The third-order valence-electron chi connectivity index (χ3n) is 4.87. The lowest BCUT2D eigenvalue weighted by molar-refractivity contribution is -0.142. The average molecular weight is 450 g/mol. The number of ether oxygens (including phenoxy) is 3. The summed E-state index contributed by atoms with van der Waals surface area (Å²) in [7, 11) is 2.80. The van der Waals surface area contributed by atoms with Gasteiger partial charge in [0.15, 0.2) is 0 Å². The van der Waals surface area contributed by atoms with Crippen LogP contribution < -0.4 is 9.47 Å². The minimum absolute atomic E-state index is 0.0880. The van der Waals surface area contributed by atoms with Crippen LogP contribution in [0.1, 0.15) is 29.2 Å². The first-order valence-electron chi connectivity index (χ1n) is 10.4. The second kappa shape index (κ2) is 12.3. The maximum absolute atomic E-state index is 11.3. The quantitative estimate of drug-likeness (QED) is 0.267. The van der Waals surface area contributed by atoms with E-state index in [9.17, 15) is 9.90 Å². The van der Waals surface area contributed by atoms with Gasteiger partial charge >= 0.3 is 5.97 Å². The number of rotatable bonds is 11. The van der Waals surface area contributed by atoms with Crippen LogP contribution in [0.4, 0.5) is 0 Å². The smallest absolute Gasteiger partial charge is 0.308 e. The van der Waals surface area contributed by atoms with Crippen LogP contribution in [0.5, 0.6) is 11.5 Å². The topological polar surface area (TPSA) is 86.6 Å². The maximum atomic E-state index is 11.3. The number of benzene rings is 3. The van der Waals surface area contributed by atoms with E-state index in [1.165, 1.54) is 14.2 Å². The van der Waals surface area contributed by atoms with E-state index in [1.54, 1.807) is 24.3 Å². The molecule has 0 bridgehead atoms. The molecule has 172 valence electrons. The molecular weight excluding hydrogens is 422 g/mol. The van der Waals surface area contributed by atoms with Crippen LogP contribution in [0.15, 0.2) is 84.0 Å². The number of carbonyl (C=O) groups excluding carboxylic acids is 1. The third kappa shape index (κ3) is 7.36. The van der Waals surface area contributed by atoms with Gasteiger partial charge in [-0.2, -0.15) is 0 Å². The fourth-order valence-electron chi connectivity index (χ4n) is 3.05. The highest BCUT2D eigenvalue weighted by molar-refractivity contribution is 6.01. The number of aliphatic hydroxyl groups is 1. The molecule has 1 N–H and O–H groups in total. The van der Waals surface area contributed by atoms with Crippen LogP contribution in [0.25, 0.3) is 0 Å². The molecule has 3 aromatic carbocycles. The molecule has 0 aliphatic heterocycles.